The zero-order chi connectivity index (χ0) is 20.0. The zero-order valence-electron chi connectivity index (χ0n) is 17.0. The molecule has 5 atom stereocenters. The van der Waals surface area contributed by atoms with Gasteiger partial charge in [0.25, 0.3) is 0 Å². The van der Waals surface area contributed by atoms with Crippen molar-refractivity contribution >= 4 is 20.3 Å². The molecule has 1 aromatic carbocycles. The Morgan fingerprint density at radius 3 is 2.11 bits per heavy atom. The van der Waals surface area contributed by atoms with Gasteiger partial charge >= 0.3 is 8.56 Å². The Bertz CT molecular complexity index is 626. The van der Waals surface area contributed by atoms with Crippen LogP contribution < -0.4 is 0 Å². The lowest BCUT2D eigenvalue weighted by Gasteiger charge is -2.57. The molecule has 0 amide bonds. The molecular weight excluding hydrogens is 380 g/mol. The van der Waals surface area contributed by atoms with E-state index in [9.17, 15) is 10.2 Å². The van der Waals surface area contributed by atoms with E-state index in [2.05, 4.69) is 41.5 Å². The summed E-state index contributed by atoms with van der Waals surface area (Å²) in [6.45, 7) is 13.2. The molecule has 5 nitrogen and oxygen atoms in total. The second-order valence-electron chi connectivity index (χ2n) is 9.47. The first-order valence-electron chi connectivity index (χ1n) is 9.51. The van der Waals surface area contributed by atoms with Crippen LogP contribution in [0.3, 0.4) is 0 Å². The van der Waals surface area contributed by atoms with Gasteiger partial charge < -0.3 is 23.8 Å². The molecule has 7 heteroatoms. The quantitative estimate of drug-likeness (QED) is 0.722. The molecule has 0 bridgehead atoms. The Morgan fingerprint density at radius 2 is 1.56 bits per heavy atom. The maximum atomic E-state index is 10.9. The highest BCUT2D eigenvalue weighted by atomic mass is 32.2. The minimum atomic E-state index is -2.72. The first-order chi connectivity index (χ1) is 12.5. The van der Waals surface area contributed by atoms with Crippen molar-refractivity contribution in [2.24, 2.45) is 0 Å². The van der Waals surface area contributed by atoms with Gasteiger partial charge in [0.15, 0.2) is 0 Å². The number of hydrogen-bond donors (Lipinski definition) is 2. The lowest BCUT2D eigenvalue weighted by molar-refractivity contribution is -0.223. The van der Waals surface area contributed by atoms with Crippen molar-refractivity contribution in [3.63, 3.8) is 0 Å². The van der Waals surface area contributed by atoms with Gasteiger partial charge in [0.1, 0.15) is 29.9 Å². The van der Waals surface area contributed by atoms with Gasteiger partial charge in [-0.3, -0.25) is 0 Å². The summed E-state index contributed by atoms with van der Waals surface area (Å²) in [4.78, 5) is 0.984. The number of hydrogen-bond acceptors (Lipinski definition) is 6. The SMILES string of the molecule is CC(C)(C)[Si]1(C(C)(C)C)OC[C@H]2O[C@@H](Sc3ccccc3)[C@H](O)[C@@H](O)[C@H]2O1. The van der Waals surface area contributed by atoms with E-state index in [0.717, 1.165) is 4.90 Å². The van der Waals surface area contributed by atoms with Crippen LogP contribution in [-0.2, 0) is 13.6 Å². The van der Waals surface area contributed by atoms with Crippen molar-refractivity contribution in [3.05, 3.63) is 30.3 Å². The molecule has 27 heavy (non-hydrogen) atoms. The van der Waals surface area contributed by atoms with E-state index in [1.165, 1.54) is 11.8 Å². The van der Waals surface area contributed by atoms with Crippen LogP contribution in [0.5, 0.6) is 0 Å². The van der Waals surface area contributed by atoms with Gasteiger partial charge in [0.2, 0.25) is 0 Å². The maximum absolute atomic E-state index is 10.9. The van der Waals surface area contributed by atoms with Crippen molar-refractivity contribution in [1.82, 2.24) is 0 Å². The Hall–Kier alpha value is -0.413. The predicted octanol–water partition coefficient (Wildman–Crippen LogP) is 3.68. The smallest absolute Gasteiger partial charge is 0.349 e. The lowest BCUT2D eigenvalue weighted by Crippen LogP contribution is -2.70. The van der Waals surface area contributed by atoms with E-state index in [1.54, 1.807) is 0 Å². The van der Waals surface area contributed by atoms with Crippen LogP contribution >= 0.6 is 11.8 Å². The third-order valence-electron chi connectivity index (χ3n) is 5.36. The van der Waals surface area contributed by atoms with Crippen molar-refractivity contribution in [2.75, 3.05) is 6.61 Å². The van der Waals surface area contributed by atoms with Gasteiger partial charge in [-0.05, 0) is 12.1 Å². The normalized spacial score (nSPS) is 34.1. The molecule has 0 saturated carbocycles. The molecule has 0 radical (unpaired) electrons. The summed E-state index contributed by atoms with van der Waals surface area (Å²) in [6, 6.07) is 9.75. The summed E-state index contributed by atoms with van der Waals surface area (Å²) in [5.41, 5.74) is -0.561. The number of thioether (sulfide) groups is 1. The van der Waals surface area contributed by atoms with Gasteiger partial charge in [-0.25, -0.2) is 0 Å². The number of aliphatic hydroxyl groups is 2. The fraction of sp³-hybridized carbons (Fsp3) is 0.700. The summed E-state index contributed by atoms with van der Waals surface area (Å²) in [5, 5.41) is 21.2. The minimum absolute atomic E-state index is 0.184. The Kier molecular flexibility index (Phi) is 5.87. The Morgan fingerprint density at radius 1 is 0.963 bits per heavy atom. The van der Waals surface area contributed by atoms with Gasteiger partial charge in [0.05, 0.1) is 6.61 Å². The summed E-state index contributed by atoms with van der Waals surface area (Å²) >= 11 is 1.41. The van der Waals surface area contributed by atoms with Gasteiger partial charge in [-0.2, -0.15) is 0 Å². The third kappa shape index (κ3) is 3.88. The summed E-state index contributed by atoms with van der Waals surface area (Å²) < 4.78 is 19.1. The zero-order valence-corrected chi connectivity index (χ0v) is 18.8. The number of fused-ring (bicyclic) bond motifs is 1. The van der Waals surface area contributed by atoms with Crippen LogP contribution in [0, 0.1) is 0 Å². The molecule has 2 saturated heterocycles. The second kappa shape index (κ2) is 7.44. The molecule has 2 N–H and O–H groups in total. The van der Waals surface area contributed by atoms with E-state index in [1.807, 2.05) is 30.3 Å². The largest absolute Gasteiger partial charge is 0.391 e. The molecule has 0 unspecified atom stereocenters. The van der Waals surface area contributed by atoms with E-state index in [4.69, 9.17) is 13.6 Å². The maximum Gasteiger partial charge on any atom is 0.349 e. The molecule has 0 spiro atoms. The minimum Gasteiger partial charge on any atom is -0.391 e. The molecule has 1 aromatic rings. The summed E-state index contributed by atoms with van der Waals surface area (Å²) in [7, 11) is -2.72. The van der Waals surface area contributed by atoms with E-state index in [0.29, 0.717) is 6.61 Å². The Labute approximate surface area is 167 Å². The summed E-state index contributed by atoms with van der Waals surface area (Å²) in [5.74, 6) is 0. The van der Waals surface area contributed by atoms with Crippen LogP contribution in [0.2, 0.25) is 10.1 Å². The second-order valence-corrected chi connectivity index (χ2v) is 15.4. The van der Waals surface area contributed by atoms with Crippen LogP contribution in [0.15, 0.2) is 35.2 Å². The highest BCUT2D eigenvalue weighted by Crippen LogP contribution is 2.55. The topological polar surface area (TPSA) is 68.2 Å². The molecule has 3 rings (SSSR count). The van der Waals surface area contributed by atoms with Gasteiger partial charge in [-0.15, -0.1) is 0 Å². The predicted molar refractivity (Wildman–Crippen MR) is 109 cm³/mol. The molecule has 0 aliphatic carbocycles. The fourth-order valence-corrected chi connectivity index (χ4v) is 10.3. The molecular formula is C20H32O5SSi. The van der Waals surface area contributed by atoms with Crippen LogP contribution in [0.1, 0.15) is 41.5 Å². The van der Waals surface area contributed by atoms with Crippen molar-refractivity contribution in [1.29, 1.82) is 0 Å². The molecule has 2 heterocycles. The third-order valence-corrected chi connectivity index (χ3v) is 11.7. The number of ether oxygens (including phenoxy) is 1. The molecule has 2 aliphatic heterocycles. The number of benzene rings is 1. The molecule has 152 valence electrons. The van der Waals surface area contributed by atoms with Gasteiger partial charge in [0, 0.05) is 15.0 Å². The first kappa shape index (κ1) is 21.3. The standard InChI is InChI=1S/C20H32O5SSi/c1-19(2,3)27(20(4,5)6)23-12-14-17(25-27)15(21)16(22)18(24-14)26-13-10-8-7-9-11-13/h7-11,14-18,21-22H,12H2,1-6H3/t14-,15-,16-,17+,18+/m1/s1. The van der Waals surface area contributed by atoms with Crippen molar-refractivity contribution in [3.8, 4) is 0 Å². The first-order valence-corrected chi connectivity index (χ1v) is 12.2. The van der Waals surface area contributed by atoms with E-state index >= 15 is 0 Å². The molecule has 0 aromatic heterocycles. The fourth-order valence-electron chi connectivity index (χ4n) is 4.25. The average molecular weight is 413 g/mol. The number of rotatable bonds is 2. The highest BCUT2D eigenvalue weighted by Gasteiger charge is 2.64. The van der Waals surface area contributed by atoms with E-state index in [-0.39, 0.29) is 10.1 Å². The lowest BCUT2D eigenvalue weighted by atomic mass is 10.0. The van der Waals surface area contributed by atoms with Gasteiger partial charge in [-0.1, -0.05) is 71.5 Å². The molecule has 2 fully saturated rings. The van der Waals surface area contributed by atoms with Crippen LogP contribution in [-0.4, -0.2) is 55.2 Å². The van der Waals surface area contributed by atoms with E-state index < -0.39 is 38.4 Å². The number of aliphatic hydroxyl groups excluding tert-OH is 2. The average Bonchev–Trinajstić information content (AvgIpc) is 2.58. The van der Waals surface area contributed by atoms with Crippen molar-refractivity contribution < 1.29 is 23.8 Å². The summed E-state index contributed by atoms with van der Waals surface area (Å²) in [6.07, 6.45) is -3.01. The van der Waals surface area contributed by atoms with Crippen LogP contribution in [0.25, 0.3) is 0 Å². The Balaban J connectivity index is 1.82. The van der Waals surface area contributed by atoms with Crippen LogP contribution in [0.4, 0.5) is 0 Å². The highest BCUT2D eigenvalue weighted by molar-refractivity contribution is 7.99. The molecule has 2 aliphatic rings. The monoisotopic (exact) mass is 412 g/mol. The van der Waals surface area contributed by atoms with Crippen molar-refractivity contribution in [2.45, 2.75) is 86.4 Å².